The summed E-state index contributed by atoms with van der Waals surface area (Å²) in [5.41, 5.74) is 0. The molecule has 2 bridgehead atoms. The first kappa shape index (κ1) is 8.08. The van der Waals surface area contributed by atoms with Crippen LogP contribution in [0.5, 0.6) is 0 Å². The maximum Gasteiger partial charge on any atom is 0.0800 e. The van der Waals surface area contributed by atoms with Crippen LogP contribution in [-0.2, 0) is 4.74 Å². The first-order valence-electron chi connectivity index (χ1n) is 4.59. The van der Waals surface area contributed by atoms with Gasteiger partial charge < -0.3 is 15.4 Å². The molecule has 0 amide bonds. The van der Waals surface area contributed by atoms with Gasteiger partial charge in [0, 0.05) is 24.7 Å². The number of hydrogen-bond donors (Lipinski definition) is 2. The first-order valence-corrected chi connectivity index (χ1v) is 4.59. The summed E-state index contributed by atoms with van der Waals surface area (Å²) in [7, 11) is 1.68. The highest BCUT2D eigenvalue weighted by atomic mass is 16.5. The maximum absolute atomic E-state index is 4.90. The molecule has 0 spiro atoms. The summed E-state index contributed by atoms with van der Waals surface area (Å²) in [6, 6.07) is 1.79. The van der Waals surface area contributed by atoms with Crippen LogP contribution < -0.4 is 10.6 Å². The lowest BCUT2D eigenvalue weighted by Gasteiger charge is -2.29. The number of fused-ring (bicyclic) bond motifs is 2. The smallest absolute Gasteiger partial charge is 0.0800 e. The van der Waals surface area contributed by atoms with Crippen molar-refractivity contribution in [2.24, 2.45) is 0 Å². The molecule has 0 aromatic carbocycles. The van der Waals surface area contributed by atoms with E-state index in [1.807, 2.05) is 0 Å². The first-order chi connectivity index (χ1) is 5.90. The summed E-state index contributed by atoms with van der Waals surface area (Å²) in [4.78, 5) is 0. The normalized spacial score (nSPS) is 40.6. The van der Waals surface area contributed by atoms with Gasteiger partial charge in [0.2, 0.25) is 0 Å². The molecule has 2 rings (SSSR count). The lowest BCUT2D eigenvalue weighted by molar-refractivity contribution is 0.323. The molecule has 2 saturated heterocycles. The van der Waals surface area contributed by atoms with E-state index in [2.05, 4.69) is 16.7 Å². The van der Waals surface area contributed by atoms with Gasteiger partial charge in [0.1, 0.15) is 0 Å². The van der Waals surface area contributed by atoms with Gasteiger partial charge in [0.05, 0.1) is 13.4 Å². The number of nitrogens with one attached hydrogen (secondary N) is 2. The van der Waals surface area contributed by atoms with E-state index in [0.717, 1.165) is 6.54 Å². The minimum absolute atomic E-state index is 0.462. The monoisotopic (exact) mass is 168 g/mol. The Kier molecular flexibility index (Phi) is 2.33. The number of ether oxygens (including phenoxy) is 1. The molecule has 2 aliphatic rings. The highest BCUT2D eigenvalue weighted by molar-refractivity contribution is 5.05. The Morgan fingerprint density at radius 1 is 1.42 bits per heavy atom. The Hall–Kier alpha value is -0.540. The summed E-state index contributed by atoms with van der Waals surface area (Å²) in [6.45, 7) is 1.09. The topological polar surface area (TPSA) is 33.3 Å². The van der Waals surface area contributed by atoms with E-state index in [1.165, 1.54) is 12.8 Å². The average molecular weight is 168 g/mol. The molecule has 68 valence electrons. The van der Waals surface area contributed by atoms with Crippen molar-refractivity contribution >= 4 is 0 Å². The molecule has 12 heavy (non-hydrogen) atoms. The second kappa shape index (κ2) is 3.46. The molecular formula is C9H16N2O. The minimum atomic E-state index is 0.462. The highest BCUT2D eigenvalue weighted by Crippen LogP contribution is 2.19. The van der Waals surface area contributed by atoms with Gasteiger partial charge in [-0.25, -0.2) is 0 Å². The van der Waals surface area contributed by atoms with E-state index in [1.54, 1.807) is 13.4 Å². The average Bonchev–Trinajstić information content (AvgIpc) is 2.48. The minimum Gasteiger partial charge on any atom is -0.505 e. The zero-order valence-electron chi connectivity index (χ0n) is 7.42. The molecule has 0 saturated carbocycles. The number of methoxy groups -OCH3 is 1. The van der Waals surface area contributed by atoms with Crippen LogP contribution >= 0.6 is 0 Å². The zero-order valence-corrected chi connectivity index (χ0v) is 7.42. The van der Waals surface area contributed by atoms with E-state index >= 15 is 0 Å². The van der Waals surface area contributed by atoms with Crippen LogP contribution in [0.3, 0.4) is 0 Å². The van der Waals surface area contributed by atoms with Gasteiger partial charge in [-0.1, -0.05) is 0 Å². The Morgan fingerprint density at radius 2 is 2.33 bits per heavy atom. The third-order valence-electron chi connectivity index (χ3n) is 2.73. The van der Waals surface area contributed by atoms with Gasteiger partial charge in [-0.2, -0.15) is 0 Å². The Morgan fingerprint density at radius 3 is 3.17 bits per heavy atom. The highest BCUT2D eigenvalue weighted by Gasteiger charge is 2.33. The van der Waals surface area contributed by atoms with Gasteiger partial charge >= 0.3 is 0 Å². The summed E-state index contributed by atoms with van der Waals surface area (Å²) in [6.07, 6.45) is 6.46. The molecule has 0 radical (unpaired) electrons. The molecule has 2 heterocycles. The van der Waals surface area contributed by atoms with Gasteiger partial charge in [-0.3, -0.25) is 0 Å². The summed E-state index contributed by atoms with van der Waals surface area (Å²) in [5.74, 6) is 0. The largest absolute Gasteiger partial charge is 0.505 e. The maximum atomic E-state index is 4.90. The fourth-order valence-electron chi connectivity index (χ4n) is 2.08. The lowest BCUT2D eigenvalue weighted by atomic mass is 10.1. The second-order valence-electron chi connectivity index (χ2n) is 3.55. The number of hydrogen-bond acceptors (Lipinski definition) is 3. The quantitative estimate of drug-likeness (QED) is 0.579. The van der Waals surface area contributed by atoms with Gasteiger partial charge in [-0.05, 0) is 18.9 Å². The number of rotatable bonds is 2. The van der Waals surface area contributed by atoms with Crippen molar-refractivity contribution in [3.8, 4) is 0 Å². The Bertz CT molecular complexity index is 181. The predicted molar refractivity (Wildman–Crippen MR) is 47.9 cm³/mol. The van der Waals surface area contributed by atoms with Crippen LogP contribution in [0.2, 0.25) is 0 Å². The second-order valence-corrected chi connectivity index (χ2v) is 3.55. The fourth-order valence-corrected chi connectivity index (χ4v) is 2.08. The standard InChI is InChI=1S/C9H16N2O/c1-12-5-4-8-9-3-2-7(11-9)6-10-8/h4-5,7-11H,2-3,6H2,1H3/t7-,8+,9+/m1/s1. The van der Waals surface area contributed by atoms with Gasteiger partial charge in [-0.15, -0.1) is 0 Å². The summed E-state index contributed by atoms with van der Waals surface area (Å²) in [5, 5.41) is 7.07. The van der Waals surface area contributed by atoms with E-state index in [4.69, 9.17) is 4.74 Å². The molecule has 0 aromatic rings. The molecule has 3 atom stereocenters. The van der Waals surface area contributed by atoms with Crippen molar-refractivity contribution in [1.82, 2.24) is 10.6 Å². The van der Waals surface area contributed by atoms with Crippen LogP contribution in [-0.4, -0.2) is 31.8 Å². The molecule has 0 aliphatic carbocycles. The third-order valence-corrected chi connectivity index (χ3v) is 2.73. The molecule has 0 aromatic heterocycles. The summed E-state index contributed by atoms with van der Waals surface area (Å²) >= 11 is 0. The third kappa shape index (κ3) is 1.47. The zero-order chi connectivity index (χ0) is 8.39. The van der Waals surface area contributed by atoms with Crippen molar-refractivity contribution in [2.45, 2.75) is 31.0 Å². The molecule has 3 heteroatoms. The fraction of sp³-hybridized carbons (Fsp3) is 0.778. The molecular weight excluding hydrogens is 152 g/mol. The molecule has 0 unspecified atom stereocenters. The van der Waals surface area contributed by atoms with Crippen molar-refractivity contribution in [2.75, 3.05) is 13.7 Å². The van der Waals surface area contributed by atoms with E-state index in [9.17, 15) is 0 Å². The van der Waals surface area contributed by atoms with Crippen LogP contribution in [0.15, 0.2) is 12.3 Å². The van der Waals surface area contributed by atoms with E-state index < -0.39 is 0 Å². The Balaban J connectivity index is 1.93. The lowest BCUT2D eigenvalue weighted by Crippen LogP contribution is -2.54. The molecule has 2 aliphatic heterocycles. The van der Waals surface area contributed by atoms with E-state index in [-0.39, 0.29) is 0 Å². The van der Waals surface area contributed by atoms with Crippen LogP contribution in [0.25, 0.3) is 0 Å². The van der Waals surface area contributed by atoms with Crippen molar-refractivity contribution < 1.29 is 4.74 Å². The van der Waals surface area contributed by atoms with Crippen molar-refractivity contribution in [1.29, 1.82) is 0 Å². The SMILES string of the molecule is COC=C[C@@H]1NC[C@H]2CC[C@@H]1N2. The molecule has 2 N–H and O–H groups in total. The van der Waals surface area contributed by atoms with Crippen molar-refractivity contribution in [3.63, 3.8) is 0 Å². The van der Waals surface area contributed by atoms with Crippen LogP contribution in [0.4, 0.5) is 0 Å². The van der Waals surface area contributed by atoms with Crippen LogP contribution in [0.1, 0.15) is 12.8 Å². The van der Waals surface area contributed by atoms with Crippen LogP contribution in [0, 0.1) is 0 Å². The summed E-state index contributed by atoms with van der Waals surface area (Å²) < 4.78 is 4.90. The van der Waals surface area contributed by atoms with E-state index in [0.29, 0.717) is 18.1 Å². The Labute approximate surface area is 73.2 Å². The van der Waals surface area contributed by atoms with Gasteiger partial charge in [0.15, 0.2) is 0 Å². The van der Waals surface area contributed by atoms with Crippen molar-refractivity contribution in [3.05, 3.63) is 12.3 Å². The molecule has 3 nitrogen and oxygen atoms in total. The number of piperazine rings is 1. The van der Waals surface area contributed by atoms with Gasteiger partial charge in [0.25, 0.3) is 0 Å². The molecule has 2 fully saturated rings. The predicted octanol–water partition coefficient (Wildman–Crippen LogP) is 0.239.